The summed E-state index contributed by atoms with van der Waals surface area (Å²) in [6.07, 6.45) is 1.28. The quantitative estimate of drug-likeness (QED) is 0.781. The van der Waals surface area contributed by atoms with Crippen molar-refractivity contribution in [3.05, 3.63) is 71.3 Å². The third-order valence-electron chi connectivity index (χ3n) is 5.54. The first-order chi connectivity index (χ1) is 10.3. The molecule has 1 unspecified atom stereocenters. The number of benzene rings is 2. The van der Waals surface area contributed by atoms with Crippen LogP contribution in [-0.4, -0.2) is 12.1 Å². The second-order valence-corrected chi connectivity index (χ2v) is 6.47. The van der Waals surface area contributed by atoms with Crippen LogP contribution >= 0.6 is 0 Å². The number of rotatable bonds is 2. The third-order valence-corrected chi connectivity index (χ3v) is 5.54. The largest absolute Gasteiger partial charge is 0.458 e. The summed E-state index contributed by atoms with van der Waals surface area (Å²) in [5.41, 5.74) is 3.58. The van der Waals surface area contributed by atoms with Gasteiger partial charge < -0.3 is 4.74 Å². The maximum Gasteiger partial charge on any atom is 0.338 e. The van der Waals surface area contributed by atoms with Gasteiger partial charge in [0.2, 0.25) is 0 Å². The number of carbonyl (C=O) groups excluding carboxylic acids is 1. The van der Waals surface area contributed by atoms with Gasteiger partial charge in [0.25, 0.3) is 0 Å². The lowest BCUT2D eigenvalue weighted by molar-refractivity contribution is 0.0196. The van der Waals surface area contributed by atoms with Gasteiger partial charge in [0, 0.05) is 11.8 Å². The van der Waals surface area contributed by atoms with Crippen molar-refractivity contribution in [2.75, 3.05) is 0 Å². The van der Waals surface area contributed by atoms with Crippen molar-refractivity contribution < 1.29 is 9.53 Å². The molecule has 0 spiro atoms. The number of hydrogen-bond acceptors (Lipinski definition) is 2. The van der Waals surface area contributed by atoms with E-state index >= 15 is 0 Å². The molecule has 2 bridgehead atoms. The van der Waals surface area contributed by atoms with E-state index in [1.807, 2.05) is 30.3 Å². The number of ether oxygens (including phenoxy) is 1. The second kappa shape index (κ2) is 3.97. The minimum absolute atomic E-state index is 0.0857. The first-order valence-electron chi connectivity index (χ1n) is 7.69. The van der Waals surface area contributed by atoms with Crippen LogP contribution in [-0.2, 0) is 4.74 Å². The molecule has 3 aliphatic carbocycles. The van der Waals surface area contributed by atoms with Crippen LogP contribution < -0.4 is 0 Å². The van der Waals surface area contributed by atoms with Crippen LogP contribution in [0.5, 0.6) is 0 Å². The van der Waals surface area contributed by atoms with Gasteiger partial charge >= 0.3 is 5.97 Å². The van der Waals surface area contributed by atoms with Gasteiger partial charge in [-0.3, -0.25) is 0 Å². The molecule has 5 rings (SSSR count). The lowest BCUT2D eigenvalue weighted by atomic mass is 9.78. The van der Waals surface area contributed by atoms with Crippen molar-refractivity contribution in [2.45, 2.75) is 24.4 Å². The average Bonchev–Trinajstić information content (AvgIpc) is 3.19. The molecule has 5 atom stereocenters. The van der Waals surface area contributed by atoms with Gasteiger partial charge in [-0.1, -0.05) is 42.5 Å². The number of hydrogen-bond donors (Lipinski definition) is 0. The van der Waals surface area contributed by atoms with Crippen molar-refractivity contribution in [1.82, 2.24) is 0 Å². The second-order valence-electron chi connectivity index (χ2n) is 6.47. The maximum atomic E-state index is 12.3. The van der Waals surface area contributed by atoms with Crippen molar-refractivity contribution in [3.63, 3.8) is 0 Å². The van der Waals surface area contributed by atoms with Crippen LogP contribution in [0.2, 0.25) is 0 Å². The molecule has 2 heteroatoms. The van der Waals surface area contributed by atoms with Crippen LogP contribution in [0.4, 0.5) is 0 Å². The zero-order chi connectivity index (χ0) is 14.0. The summed E-state index contributed by atoms with van der Waals surface area (Å²) in [6.45, 7) is 0. The van der Waals surface area contributed by atoms with E-state index in [1.165, 1.54) is 17.5 Å². The highest BCUT2D eigenvalue weighted by molar-refractivity contribution is 5.89. The van der Waals surface area contributed by atoms with Crippen molar-refractivity contribution >= 4 is 5.97 Å². The van der Waals surface area contributed by atoms with E-state index < -0.39 is 0 Å². The van der Waals surface area contributed by atoms with E-state index in [2.05, 4.69) is 24.3 Å². The van der Waals surface area contributed by atoms with Crippen molar-refractivity contribution in [2.24, 2.45) is 11.8 Å². The highest BCUT2D eigenvalue weighted by atomic mass is 16.5. The zero-order valence-electron chi connectivity index (χ0n) is 11.6. The minimum Gasteiger partial charge on any atom is -0.458 e. The van der Waals surface area contributed by atoms with E-state index in [4.69, 9.17) is 4.74 Å². The fourth-order valence-electron chi connectivity index (χ4n) is 4.67. The third kappa shape index (κ3) is 1.50. The van der Waals surface area contributed by atoms with E-state index in [0.717, 1.165) is 5.92 Å². The average molecular weight is 276 g/mol. The molecule has 0 N–H and O–H groups in total. The van der Waals surface area contributed by atoms with Gasteiger partial charge in [-0.15, -0.1) is 0 Å². The van der Waals surface area contributed by atoms with Gasteiger partial charge in [0.05, 0.1) is 5.56 Å². The van der Waals surface area contributed by atoms with Gasteiger partial charge in [-0.05, 0) is 41.5 Å². The molecule has 0 aromatic heterocycles. The van der Waals surface area contributed by atoms with Crippen LogP contribution in [0, 0.1) is 11.8 Å². The van der Waals surface area contributed by atoms with Crippen LogP contribution in [0.3, 0.4) is 0 Å². The molecule has 2 nitrogen and oxygen atoms in total. The lowest BCUT2D eigenvalue weighted by Gasteiger charge is -2.32. The van der Waals surface area contributed by atoms with E-state index in [9.17, 15) is 4.79 Å². The summed E-state index contributed by atoms with van der Waals surface area (Å²) < 4.78 is 5.90. The molecule has 104 valence electrons. The first kappa shape index (κ1) is 11.6. The Balaban J connectivity index is 1.45. The van der Waals surface area contributed by atoms with E-state index in [-0.39, 0.29) is 12.1 Å². The maximum absolute atomic E-state index is 12.3. The molecule has 0 heterocycles. The topological polar surface area (TPSA) is 26.3 Å². The van der Waals surface area contributed by atoms with Crippen molar-refractivity contribution in [1.29, 1.82) is 0 Å². The minimum atomic E-state index is -0.170. The summed E-state index contributed by atoms with van der Waals surface area (Å²) in [5, 5.41) is 0. The molecule has 2 aromatic rings. The highest BCUT2D eigenvalue weighted by Crippen LogP contribution is 2.72. The molecule has 0 aliphatic heterocycles. The zero-order valence-corrected chi connectivity index (χ0v) is 11.6. The molecule has 0 radical (unpaired) electrons. The molecule has 3 aliphatic rings. The molecule has 2 aromatic carbocycles. The Morgan fingerprint density at radius 1 is 0.952 bits per heavy atom. The van der Waals surface area contributed by atoms with Crippen LogP contribution in [0.15, 0.2) is 54.6 Å². The first-order valence-corrected chi connectivity index (χ1v) is 7.69. The summed E-state index contributed by atoms with van der Waals surface area (Å²) >= 11 is 0. The van der Waals surface area contributed by atoms with Gasteiger partial charge in [-0.25, -0.2) is 4.79 Å². The molecule has 2 fully saturated rings. The molecule has 0 saturated heterocycles. The smallest absolute Gasteiger partial charge is 0.338 e. The SMILES string of the molecule is O=C(O[C@H]1[C@@H]2C3C[C@H]1c1ccccc1[C@@H]32)c1ccccc1. The summed E-state index contributed by atoms with van der Waals surface area (Å²) in [7, 11) is 0. The predicted octanol–water partition coefficient (Wildman–Crippen LogP) is 3.74. The number of carbonyl (C=O) groups is 1. The Morgan fingerprint density at radius 2 is 1.67 bits per heavy atom. The van der Waals surface area contributed by atoms with Gasteiger partial charge in [0.1, 0.15) is 6.10 Å². The van der Waals surface area contributed by atoms with E-state index in [0.29, 0.717) is 23.3 Å². The molecular weight excluding hydrogens is 260 g/mol. The molecule has 2 saturated carbocycles. The van der Waals surface area contributed by atoms with Crippen LogP contribution in [0.1, 0.15) is 39.7 Å². The molecule has 0 amide bonds. The summed E-state index contributed by atoms with van der Waals surface area (Å²) in [4.78, 5) is 12.3. The molecule has 21 heavy (non-hydrogen) atoms. The van der Waals surface area contributed by atoms with Gasteiger partial charge in [-0.2, -0.15) is 0 Å². The fraction of sp³-hybridized carbons (Fsp3) is 0.316. The standard InChI is InChI=1S/C19H16O2/c20-19(11-6-2-1-3-7-11)21-18-14-10-15-16(17(15)18)13-9-5-4-8-12(13)14/h1-9,14-18H,10H2/t14-,15?,16-,17+,18+/m0/s1. The van der Waals surface area contributed by atoms with Crippen LogP contribution in [0.25, 0.3) is 0 Å². The van der Waals surface area contributed by atoms with Gasteiger partial charge in [0.15, 0.2) is 0 Å². The fourth-order valence-corrected chi connectivity index (χ4v) is 4.67. The monoisotopic (exact) mass is 276 g/mol. The normalized spacial score (nSPS) is 34.2. The Morgan fingerprint density at radius 3 is 2.48 bits per heavy atom. The summed E-state index contributed by atoms with van der Waals surface area (Å²) in [5.74, 6) is 2.20. The predicted molar refractivity (Wildman–Crippen MR) is 79.2 cm³/mol. The molecular formula is C19H16O2. The highest BCUT2D eigenvalue weighted by Gasteiger charge is 2.68. The van der Waals surface area contributed by atoms with Crippen molar-refractivity contribution in [3.8, 4) is 0 Å². The Labute approximate surface area is 123 Å². The lowest BCUT2D eigenvalue weighted by Crippen LogP contribution is -2.29. The Kier molecular flexibility index (Phi) is 2.19. The Bertz CT molecular complexity index is 721. The van der Waals surface area contributed by atoms with E-state index in [1.54, 1.807) is 0 Å². The summed E-state index contributed by atoms with van der Waals surface area (Å²) in [6, 6.07) is 18.0. The number of fused-ring (bicyclic) bond motifs is 5. The number of esters is 1. The Hall–Kier alpha value is -2.09.